The highest BCUT2D eigenvalue weighted by Crippen LogP contribution is 2.20. The second kappa shape index (κ2) is 5.15. The maximum absolute atomic E-state index is 9.98. The Morgan fingerprint density at radius 3 is 2.59 bits per heavy atom. The van der Waals surface area contributed by atoms with Crippen molar-refractivity contribution in [2.24, 2.45) is 0 Å². The normalized spacial score (nSPS) is 12.6. The molecule has 2 aromatic rings. The van der Waals surface area contributed by atoms with Crippen LogP contribution >= 0.6 is 0 Å². The van der Waals surface area contributed by atoms with Crippen LogP contribution in [0.1, 0.15) is 34.9 Å². The molecule has 3 nitrogen and oxygen atoms in total. The largest absolute Gasteiger partial charge is 0.387 e. The van der Waals surface area contributed by atoms with Crippen LogP contribution in [0.2, 0.25) is 0 Å². The van der Waals surface area contributed by atoms with Gasteiger partial charge in [-0.15, -0.1) is 0 Å². The number of aromatic nitrogens is 2. The van der Waals surface area contributed by atoms with E-state index in [2.05, 4.69) is 42.0 Å². The highest BCUT2D eigenvalue weighted by Gasteiger charge is 2.10. The molecule has 0 saturated heterocycles. The van der Waals surface area contributed by atoms with Crippen molar-refractivity contribution in [2.75, 3.05) is 0 Å². The van der Waals surface area contributed by atoms with E-state index in [-0.39, 0.29) is 0 Å². The van der Waals surface area contributed by atoms with Crippen molar-refractivity contribution in [3.05, 3.63) is 53.1 Å². The lowest BCUT2D eigenvalue weighted by atomic mass is 9.97. The number of aliphatic hydroxyl groups is 1. The predicted octanol–water partition coefficient (Wildman–Crippen LogP) is 2.69. The first-order valence-corrected chi connectivity index (χ1v) is 5.90. The number of nitrogens with zero attached hydrogens (tertiary/aromatic N) is 1. The number of rotatable bonds is 4. The molecule has 0 fully saturated rings. The van der Waals surface area contributed by atoms with Crippen LogP contribution in [0.15, 0.2) is 30.7 Å². The summed E-state index contributed by atoms with van der Waals surface area (Å²) in [5, 5.41) is 9.98. The molecule has 1 heterocycles. The molecule has 0 spiro atoms. The number of aryl methyl sites for hydroxylation is 2. The van der Waals surface area contributed by atoms with Crippen LogP contribution in [0.25, 0.3) is 0 Å². The summed E-state index contributed by atoms with van der Waals surface area (Å²) in [5.41, 5.74) is 4.71. The average Bonchev–Trinajstić information content (AvgIpc) is 2.81. The minimum atomic E-state index is -0.462. The first-order valence-electron chi connectivity index (χ1n) is 5.90. The molecule has 90 valence electrons. The smallest absolute Gasteiger partial charge is 0.0956 e. The molecule has 1 aromatic heterocycles. The molecule has 1 unspecified atom stereocenters. The van der Waals surface area contributed by atoms with Crippen molar-refractivity contribution in [3.63, 3.8) is 0 Å². The van der Waals surface area contributed by atoms with Crippen LogP contribution in [0.3, 0.4) is 0 Å². The van der Waals surface area contributed by atoms with Gasteiger partial charge in [-0.25, -0.2) is 4.98 Å². The van der Waals surface area contributed by atoms with Gasteiger partial charge in [0.2, 0.25) is 0 Å². The second-order valence-electron chi connectivity index (χ2n) is 4.43. The number of hydrogen-bond acceptors (Lipinski definition) is 2. The average molecular weight is 230 g/mol. The number of nitrogens with one attached hydrogen (secondary N) is 1. The molecule has 0 saturated carbocycles. The van der Waals surface area contributed by atoms with Crippen molar-refractivity contribution in [1.29, 1.82) is 0 Å². The lowest BCUT2D eigenvalue weighted by molar-refractivity contribution is 0.163. The molecular weight excluding hydrogens is 212 g/mol. The summed E-state index contributed by atoms with van der Waals surface area (Å²) in [4.78, 5) is 6.86. The number of hydrogen-bond donors (Lipinski definition) is 2. The minimum absolute atomic E-state index is 0.462. The SMILES string of the molecule is Cc1cccc(C)c1CCC(O)c1cnc[nH]1. The van der Waals surface area contributed by atoms with E-state index in [0.717, 1.165) is 12.1 Å². The van der Waals surface area contributed by atoms with Crippen LogP contribution in [-0.4, -0.2) is 15.1 Å². The van der Waals surface area contributed by atoms with E-state index in [9.17, 15) is 5.11 Å². The molecule has 0 aliphatic heterocycles. The molecule has 1 atom stereocenters. The summed E-state index contributed by atoms with van der Waals surface area (Å²) in [6, 6.07) is 6.30. The fourth-order valence-corrected chi connectivity index (χ4v) is 2.13. The first-order chi connectivity index (χ1) is 8.18. The molecule has 0 bridgehead atoms. The van der Waals surface area contributed by atoms with Gasteiger partial charge in [0.25, 0.3) is 0 Å². The Bertz CT molecular complexity index is 457. The van der Waals surface area contributed by atoms with Gasteiger partial charge in [0.05, 0.1) is 24.3 Å². The quantitative estimate of drug-likeness (QED) is 0.848. The standard InChI is InChI=1S/C14H18N2O/c1-10-4-3-5-11(2)12(10)6-7-14(17)13-8-15-9-16-13/h3-5,8-9,14,17H,6-7H2,1-2H3,(H,15,16). The Kier molecular flexibility index (Phi) is 3.59. The molecule has 2 rings (SSSR count). The molecule has 17 heavy (non-hydrogen) atoms. The highest BCUT2D eigenvalue weighted by atomic mass is 16.3. The van der Waals surface area contributed by atoms with Crippen LogP contribution in [-0.2, 0) is 6.42 Å². The molecule has 0 radical (unpaired) electrons. The third-order valence-corrected chi connectivity index (χ3v) is 3.19. The number of aliphatic hydroxyl groups excluding tert-OH is 1. The number of aromatic amines is 1. The second-order valence-corrected chi connectivity index (χ2v) is 4.43. The van der Waals surface area contributed by atoms with Gasteiger partial charge in [0, 0.05) is 0 Å². The van der Waals surface area contributed by atoms with E-state index in [1.54, 1.807) is 12.5 Å². The zero-order chi connectivity index (χ0) is 12.3. The lowest BCUT2D eigenvalue weighted by Crippen LogP contribution is -2.02. The Morgan fingerprint density at radius 2 is 2.00 bits per heavy atom. The monoisotopic (exact) mass is 230 g/mol. The number of benzene rings is 1. The zero-order valence-corrected chi connectivity index (χ0v) is 10.3. The van der Waals surface area contributed by atoms with Gasteiger partial charge in [0.1, 0.15) is 0 Å². The highest BCUT2D eigenvalue weighted by molar-refractivity contribution is 5.33. The van der Waals surface area contributed by atoms with Crippen molar-refractivity contribution in [1.82, 2.24) is 9.97 Å². The van der Waals surface area contributed by atoms with E-state index in [4.69, 9.17) is 0 Å². The summed E-state index contributed by atoms with van der Waals surface area (Å²) in [6.07, 6.45) is 4.41. The fraction of sp³-hybridized carbons (Fsp3) is 0.357. The van der Waals surface area contributed by atoms with Crippen molar-refractivity contribution < 1.29 is 5.11 Å². The molecule has 2 N–H and O–H groups in total. The van der Waals surface area contributed by atoms with Crippen LogP contribution < -0.4 is 0 Å². The fourth-order valence-electron chi connectivity index (χ4n) is 2.13. The van der Waals surface area contributed by atoms with Gasteiger partial charge in [-0.05, 0) is 43.4 Å². The summed E-state index contributed by atoms with van der Waals surface area (Å²) in [6.45, 7) is 4.23. The van der Waals surface area contributed by atoms with Gasteiger partial charge in [-0.3, -0.25) is 0 Å². The minimum Gasteiger partial charge on any atom is -0.387 e. The van der Waals surface area contributed by atoms with Crippen molar-refractivity contribution in [3.8, 4) is 0 Å². The van der Waals surface area contributed by atoms with E-state index in [0.29, 0.717) is 6.42 Å². The molecule has 0 aliphatic rings. The van der Waals surface area contributed by atoms with Gasteiger partial charge >= 0.3 is 0 Å². The van der Waals surface area contributed by atoms with Crippen LogP contribution in [0, 0.1) is 13.8 Å². The molecule has 0 amide bonds. The van der Waals surface area contributed by atoms with E-state index in [1.807, 2.05) is 0 Å². The third kappa shape index (κ3) is 2.74. The Morgan fingerprint density at radius 1 is 1.29 bits per heavy atom. The van der Waals surface area contributed by atoms with Crippen molar-refractivity contribution in [2.45, 2.75) is 32.8 Å². The van der Waals surface area contributed by atoms with Crippen molar-refractivity contribution >= 4 is 0 Å². The van der Waals surface area contributed by atoms with Gasteiger partial charge in [-0.2, -0.15) is 0 Å². The van der Waals surface area contributed by atoms with E-state index < -0.39 is 6.10 Å². The topological polar surface area (TPSA) is 48.9 Å². The van der Waals surface area contributed by atoms with Crippen LogP contribution in [0.5, 0.6) is 0 Å². The summed E-state index contributed by atoms with van der Waals surface area (Å²) >= 11 is 0. The molecule has 1 aromatic carbocycles. The Balaban J connectivity index is 2.03. The van der Waals surface area contributed by atoms with Gasteiger partial charge in [-0.1, -0.05) is 18.2 Å². The maximum atomic E-state index is 9.98. The maximum Gasteiger partial charge on any atom is 0.0956 e. The Labute approximate surface area is 102 Å². The predicted molar refractivity (Wildman–Crippen MR) is 67.8 cm³/mol. The first kappa shape index (κ1) is 11.9. The molecule has 0 aliphatic carbocycles. The number of H-pyrrole nitrogens is 1. The third-order valence-electron chi connectivity index (χ3n) is 3.19. The zero-order valence-electron chi connectivity index (χ0n) is 10.3. The number of imidazole rings is 1. The summed E-state index contributed by atoms with van der Waals surface area (Å²) < 4.78 is 0. The molecular formula is C14H18N2O. The van der Waals surface area contributed by atoms with Crippen LogP contribution in [0.4, 0.5) is 0 Å². The van der Waals surface area contributed by atoms with E-state index >= 15 is 0 Å². The summed E-state index contributed by atoms with van der Waals surface area (Å²) in [7, 11) is 0. The molecule has 3 heteroatoms. The van der Waals surface area contributed by atoms with Gasteiger partial charge in [0.15, 0.2) is 0 Å². The lowest BCUT2D eigenvalue weighted by Gasteiger charge is -2.12. The van der Waals surface area contributed by atoms with E-state index in [1.165, 1.54) is 16.7 Å². The van der Waals surface area contributed by atoms with Gasteiger partial charge < -0.3 is 10.1 Å². The Hall–Kier alpha value is -1.61. The summed E-state index contributed by atoms with van der Waals surface area (Å²) in [5.74, 6) is 0.